The molecule has 1 aromatic rings. The number of hydrogen-bond donors (Lipinski definition) is 2. The third-order valence-corrected chi connectivity index (χ3v) is 16.4. The first-order valence-corrected chi connectivity index (χ1v) is 20.9. The molecule has 0 spiro atoms. The molecule has 0 radical (unpaired) electrons. The summed E-state index contributed by atoms with van der Waals surface area (Å²) in [5.74, 6) is 0.958. The first-order valence-electron chi connectivity index (χ1n) is 20.9. The number of carbonyl (C=O) groups is 2. The molecule has 0 aromatic heterocycles. The van der Waals surface area contributed by atoms with Gasteiger partial charge >= 0.3 is 11.9 Å². The molecule has 2 fully saturated rings. The normalized spacial score (nSPS) is 37.1. The average molecular weight is 707 g/mol. The number of fused-ring (bicyclic) bond motifs is 6. The molecule has 8 atom stereocenters. The van der Waals surface area contributed by atoms with Crippen LogP contribution in [-0.2, 0) is 12.8 Å². The van der Waals surface area contributed by atoms with Crippen molar-refractivity contribution in [2.45, 2.75) is 145 Å². The third kappa shape index (κ3) is 6.11. The Hall–Kier alpha value is -2.88. The lowest BCUT2D eigenvalue weighted by molar-refractivity contribution is -0.0514. The first-order chi connectivity index (χ1) is 24.5. The minimum Gasteiger partial charge on any atom is -0.478 e. The van der Waals surface area contributed by atoms with Crippen LogP contribution in [0.25, 0.3) is 0 Å². The molecular formula is C48H66O4. The van der Waals surface area contributed by atoms with Crippen LogP contribution in [0.2, 0.25) is 0 Å². The van der Waals surface area contributed by atoms with E-state index in [1.165, 1.54) is 44.1 Å². The van der Waals surface area contributed by atoms with Gasteiger partial charge in [0, 0.05) is 0 Å². The fraction of sp³-hybridized carbons (Fsp3) is 0.667. The van der Waals surface area contributed by atoms with E-state index in [1.54, 1.807) is 22.8 Å². The molecule has 6 aliphatic rings. The maximum absolute atomic E-state index is 13.3. The Morgan fingerprint density at radius 2 is 1.17 bits per heavy atom. The van der Waals surface area contributed by atoms with Crippen LogP contribution < -0.4 is 0 Å². The van der Waals surface area contributed by atoms with Gasteiger partial charge in [-0.1, -0.05) is 110 Å². The molecule has 52 heavy (non-hydrogen) atoms. The third-order valence-electron chi connectivity index (χ3n) is 16.4. The van der Waals surface area contributed by atoms with Gasteiger partial charge in [-0.2, -0.15) is 0 Å². The first kappa shape index (κ1) is 37.4. The van der Waals surface area contributed by atoms with Gasteiger partial charge in [-0.25, -0.2) is 9.59 Å². The predicted octanol–water partition coefficient (Wildman–Crippen LogP) is 12.4. The van der Waals surface area contributed by atoms with Gasteiger partial charge in [0.15, 0.2) is 0 Å². The SMILES string of the molecule is CC(C)C1=CC2=CC[C@H]3[C@](C)(Cc4ccc(C(=O)O)c(C(=O)O)c4C[C@]4(C)CCC[C@]5(C)[C@H]6CCC(C(C)C)=CC6=CC[C@@H]45)CCC[C@]3(C)[C@H]2CC1. The van der Waals surface area contributed by atoms with Crippen molar-refractivity contribution in [1.29, 1.82) is 0 Å². The summed E-state index contributed by atoms with van der Waals surface area (Å²) >= 11 is 0. The van der Waals surface area contributed by atoms with Crippen LogP contribution in [0.3, 0.4) is 0 Å². The Bertz CT molecular complexity index is 1750. The van der Waals surface area contributed by atoms with E-state index in [2.05, 4.69) is 79.7 Å². The van der Waals surface area contributed by atoms with Gasteiger partial charge in [0.25, 0.3) is 0 Å². The van der Waals surface area contributed by atoms with Crippen molar-refractivity contribution in [2.75, 3.05) is 0 Å². The second kappa shape index (κ2) is 13.5. The molecule has 0 heterocycles. The number of allylic oxidation sites excluding steroid dienone is 8. The second-order valence-electron chi connectivity index (χ2n) is 20.0. The van der Waals surface area contributed by atoms with E-state index in [1.807, 2.05) is 6.07 Å². The van der Waals surface area contributed by atoms with Gasteiger partial charge in [-0.05, 0) is 163 Å². The van der Waals surface area contributed by atoms with Crippen molar-refractivity contribution in [2.24, 2.45) is 57.2 Å². The van der Waals surface area contributed by atoms with E-state index >= 15 is 0 Å². The van der Waals surface area contributed by atoms with E-state index < -0.39 is 11.9 Å². The van der Waals surface area contributed by atoms with E-state index in [4.69, 9.17) is 0 Å². The number of aromatic carboxylic acids is 2. The summed E-state index contributed by atoms with van der Waals surface area (Å²) in [6.07, 6.45) is 25.3. The van der Waals surface area contributed by atoms with Gasteiger partial charge in [0.05, 0.1) is 11.1 Å². The van der Waals surface area contributed by atoms with Crippen molar-refractivity contribution in [3.63, 3.8) is 0 Å². The van der Waals surface area contributed by atoms with Crippen LogP contribution in [0.1, 0.15) is 164 Å². The molecule has 0 unspecified atom stereocenters. The van der Waals surface area contributed by atoms with Crippen LogP contribution in [-0.4, -0.2) is 22.2 Å². The summed E-state index contributed by atoms with van der Waals surface area (Å²) in [6, 6.07) is 3.63. The summed E-state index contributed by atoms with van der Waals surface area (Å²) < 4.78 is 0. The van der Waals surface area contributed by atoms with Gasteiger partial charge in [-0.15, -0.1) is 0 Å². The fourth-order valence-electron chi connectivity index (χ4n) is 13.7. The van der Waals surface area contributed by atoms with Gasteiger partial charge in [0.1, 0.15) is 0 Å². The summed E-state index contributed by atoms with van der Waals surface area (Å²) in [7, 11) is 0. The van der Waals surface area contributed by atoms with E-state index in [-0.39, 0.29) is 32.8 Å². The highest BCUT2D eigenvalue weighted by molar-refractivity contribution is 6.03. The van der Waals surface area contributed by atoms with Crippen LogP contribution in [0.15, 0.2) is 58.7 Å². The fourth-order valence-corrected chi connectivity index (χ4v) is 13.7. The second-order valence-corrected chi connectivity index (χ2v) is 20.0. The van der Waals surface area contributed by atoms with E-state index in [0.29, 0.717) is 41.9 Å². The average Bonchev–Trinajstić information content (AvgIpc) is 3.07. The van der Waals surface area contributed by atoms with Crippen molar-refractivity contribution >= 4 is 11.9 Å². The zero-order valence-corrected chi connectivity index (χ0v) is 33.5. The van der Waals surface area contributed by atoms with Crippen LogP contribution in [0.4, 0.5) is 0 Å². The molecule has 4 nitrogen and oxygen atoms in total. The molecule has 0 saturated heterocycles. The molecule has 282 valence electrons. The molecule has 4 heteroatoms. The Morgan fingerprint density at radius 3 is 1.62 bits per heavy atom. The maximum atomic E-state index is 13.3. The molecule has 2 saturated carbocycles. The quantitative estimate of drug-likeness (QED) is 0.282. The Morgan fingerprint density at radius 1 is 0.692 bits per heavy atom. The smallest absolute Gasteiger partial charge is 0.336 e. The lowest BCUT2D eigenvalue weighted by atomic mass is 9.45. The molecule has 0 bridgehead atoms. The lowest BCUT2D eigenvalue weighted by Crippen LogP contribution is -2.51. The molecule has 2 N–H and O–H groups in total. The standard InChI is InChI=1S/C48H66O4/c1-29(2)31-12-17-38-33(25-31)14-19-40-45(5,21-9-23-47(38,40)7)27-35-11-16-36(43(49)50)42(44(51)52)37(35)28-46(6)22-10-24-48(8)39-18-13-32(30(3)4)26-34(39)15-20-41(46)48/h11,14-16,25-26,29-30,38-41H,9-10,12-13,17-24,27-28H2,1-8H3,(H,49,50)(H,51,52)/t38-,39-,40-,41-,45-,46-,47+,48+/m0/s1. The largest absolute Gasteiger partial charge is 0.478 e. The Balaban J connectivity index is 1.27. The van der Waals surface area contributed by atoms with Crippen molar-refractivity contribution in [3.05, 3.63) is 81.0 Å². The summed E-state index contributed by atoms with van der Waals surface area (Å²) in [6.45, 7) is 19.3. The summed E-state index contributed by atoms with van der Waals surface area (Å²) in [5, 5.41) is 21.2. The zero-order valence-electron chi connectivity index (χ0n) is 33.5. The van der Waals surface area contributed by atoms with Gasteiger partial charge in [0.2, 0.25) is 0 Å². The number of carboxylic acid groups (broad SMARTS) is 2. The highest BCUT2D eigenvalue weighted by Gasteiger charge is 2.56. The predicted molar refractivity (Wildman–Crippen MR) is 212 cm³/mol. The van der Waals surface area contributed by atoms with Crippen LogP contribution in [0.5, 0.6) is 0 Å². The monoisotopic (exact) mass is 706 g/mol. The number of carboxylic acids is 2. The topological polar surface area (TPSA) is 74.6 Å². The summed E-state index contributed by atoms with van der Waals surface area (Å²) in [5.41, 5.74) is 8.35. The molecular weight excluding hydrogens is 641 g/mol. The minimum atomic E-state index is -1.14. The molecule has 0 aliphatic heterocycles. The molecule has 0 amide bonds. The molecule has 1 aromatic carbocycles. The van der Waals surface area contributed by atoms with Gasteiger partial charge < -0.3 is 10.2 Å². The van der Waals surface area contributed by atoms with E-state index in [9.17, 15) is 19.8 Å². The lowest BCUT2D eigenvalue weighted by Gasteiger charge is -2.59. The minimum absolute atomic E-state index is 0.000646. The number of hydrogen-bond acceptors (Lipinski definition) is 2. The van der Waals surface area contributed by atoms with E-state index in [0.717, 1.165) is 56.1 Å². The Labute approximate surface area is 314 Å². The highest BCUT2D eigenvalue weighted by Crippen LogP contribution is 2.65. The Kier molecular flexibility index (Phi) is 9.68. The van der Waals surface area contributed by atoms with Crippen molar-refractivity contribution < 1.29 is 19.8 Å². The van der Waals surface area contributed by atoms with Crippen LogP contribution >= 0.6 is 0 Å². The van der Waals surface area contributed by atoms with Crippen molar-refractivity contribution in [1.82, 2.24) is 0 Å². The molecule has 6 aliphatic carbocycles. The van der Waals surface area contributed by atoms with Crippen LogP contribution in [0, 0.1) is 57.2 Å². The zero-order chi connectivity index (χ0) is 37.4. The maximum Gasteiger partial charge on any atom is 0.336 e. The summed E-state index contributed by atoms with van der Waals surface area (Å²) in [4.78, 5) is 25.9. The molecule has 7 rings (SSSR count). The van der Waals surface area contributed by atoms with Gasteiger partial charge in [-0.3, -0.25) is 0 Å². The van der Waals surface area contributed by atoms with Crippen molar-refractivity contribution in [3.8, 4) is 0 Å². The number of benzene rings is 1. The number of rotatable bonds is 8. The highest BCUT2D eigenvalue weighted by atomic mass is 16.4.